The summed E-state index contributed by atoms with van der Waals surface area (Å²) in [4.78, 5) is 0. The highest BCUT2D eigenvalue weighted by atomic mass is 32.1. The minimum absolute atomic E-state index is 0.0699. The Morgan fingerprint density at radius 3 is 2.71 bits per heavy atom. The van der Waals surface area contributed by atoms with E-state index in [1.54, 1.807) is 13.8 Å². The third-order valence-electron chi connectivity index (χ3n) is 2.71. The summed E-state index contributed by atoms with van der Waals surface area (Å²) in [5, 5.41) is 18.8. The third-order valence-corrected chi connectivity index (χ3v) is 2.92. The maximum atomic E-state index is 9.70. The van der Waals surface area contributed by atoms with Crippen LogP contribution in [0, 0.1) is 0 Å². The van der Waals surface area contributed by atoms with Crippen LogP contribution in [0.1, 0.15) is 13.8 Å². The maximum Gasteiger partial charge on any atom is 0.352 e. The molecule has 0 radical (unpaired) electrons. The smallest absolute Gasteiger partial charge is 0.352 e. The fraction of sp³-hybridized carbons (Fsp3) is 0.900. The highest BCUT2D eigenvalue weighted by molar-refractivity contribution is 7.79. The Morgan fingerprint density at radius 2 is 2.18 bits per heavy atom. The molecular formula is C10H16O6S. The monoisotopic (exact) mass is 264 g/mol. The van der Waals surface area contributed by atoms with Crippen molar-refractivity contribution in [3.8, 4) is 0 Å². The summed E-state index contributed by atoms with van der Waals surface area (Å²) in [6, 6.07) is 0. The van der Waals surface area contributed by atoms with Gasteiger partial charge in [-0.25, -0.2) is 0 Å². The fourth-order valence-corrected chi connectivity index (χ4v) is 2.20. The zero-order chi connectivity index (χ0) is 12.6. The van der Waals surface area contributed by atoms with Crippen LogP contribution < -0.4 is 0 Å². The molecule has 2 aliphatic rings. The topological polar surface area (TPSA) is 77.4 Å². The molecule has 7 heteroatoms. The quantitative estimate of drug-likeness (QED) is 0.669. The van der Waals surface area contributed by atoms with E-state index in [1.165, 1.54) is 0 Å². The number of hydrogen-bond donors (Lipinski definition) is 2. The van der Waals surface area contributed by atoms with Gasteiger partial charge in [-0.15, -0.1) is 0 Å². The Kier molecular flexibility index (Phi) is 3.55. The van der Waals surface area contributed by atoms with Gasteiger partial charge in [-0.2, -0.15) is 0 Å². The highest BCUT2D eigenvalue weighted by Crippen LogP contribution is 2.34. The van der Waals surface area contributed by atoms with Gasteiger partial charge in [-0.3, -0.25) is 0 Å². The van der Waals surface area contributed by atoms with E-state index >= 15 is 0 Å². The van der Waals surface area contributed by atoms with Gasteiger partial charge in [0.2, 0.25) is 0 Å². The molecule has 0 aromatic rings. The van der Waals surface area contributed by atoms with Gasteiger partial charge in [-0.1, -0.05) is 0 Å². The first-order chi connectivity index (χ1) is 7.93. The maximum absolute atomic E-state index is 9.70. The molecule has 0 aliphatic carbocycles. The average molecular weight is 264 g/mol. The van der Waals surface area contributed by atoms with Crippen LogP contribution in [-0.4, -0.2) is 58.9 Å². The molecule has 0 bridgehead atoms. The molecular weight excluding hydrogens is 248 g/mol. The van der Waals surface area contributed by atoms with Crippen LogP contribution in [0.5, 0.6) is 0 Å². The second-order valence-corrected chi connectivity index (χ2v) is 4.87. The minimum atomic E-state index is -1.03. The lowest BCUT2D eigenvalue weighted by molar-refractivity contribution is -0.160. The second-order valence-electron chi connectivity index (χ2n) is 4.53. The van der Waals surface area contributed by atoms with Crippen LogP contribution in [0.25, 0.3) is 0 Å². The lowest BCUT2D eigenvalue weighted by Crippen LogP contribution is -2.44. The number of hydrogen-bond acceptors (Lipinski definition) is 7. The van der Waals surface area contributed by atoms with Crippen LogP contribution in [0.2, 0.25) is 0 Å². The molecule has 98 valence electrons. The van der Waals surface area contributed by atoms with Gasteiger partial charge >= 0.3 is 5.24 Å². The summed E-state index contributed by atoms with van der Waals surface area (Å²) in [6.07, 6.45) is -2.63. The Hall–Kier alpha value is -0.470. The van der Waals surface area contributed by atoms with Gasteiger partial charge in [0.15, 0.2) is 11.9 Å². The number of ether oxygens (including phenoxy) is 4. The van der Waals surface area contributed by atoms with Crippen LogP contribution in [0.3, 0.4) is 0 Å². The second kappa shape index (κ2) is 4.66. The molecule has 2 rings (SSSR count). The number of aliphatic hydroxyl groups is 2. The van der Waals surface area contributed by atoms with Crippen molar-refractivity contribution in [2.45, 2.75) is 44.1 Å². The normalized spacial score (nSPS) is 37.6. The van der Waals surface area contributed by atoms with E-state index < -0.39 is 36.8 Å². The van der Waals surface area contributed by atoms with Crippen molar-refractivity contribution in [2.24, 2.45) is 0 Å². The van der Waals surface area contributed by atoms with Gasteiger partial charge in [0.1, 0.15) is 24.9 Å². The Bertz CT molecular complexity index is 307. The summed E-state index contributed by atoms with van der Waals surface area (Å²) < 4.78 is 21.5. The first kappa shape index (κ1) is 13.0. The van der Waals surface area contributed by atoms with Gasteiger partial charge in [0, 0.05) is 12.2 Å². The molecule has 6 nitrogen and oxygen atoms in total. The summed E-state index contributed by atoms with van der Waals surface area (Å²) in [5.41, 5.74) is 0. The van der Waals surface area contributed by atoms with Crippen molar-refractivity contribution in [1.82, 2.24) is 0 Å². The van der Waals surface area contributed by atoms with E-state index in [9.17, 15) is 5.11 Å². The summed E-state index contributed by atoms with van der Waals surface area (Å²) in [7, 11) is 0. The number of thiocarbonyl (C=S) groups is 1. The summed E-state index contributed by atoms with van der Waals surface area (Å²) in [6.45, 7) is 3.33. The van der Waals surface area contributed by atoms with Crippen molar-refractivity contribution >= 4 is 17.5 Å². The lowest BCUT2D eigenvalue weighted by Gasteiger charge is -2.23. The highest BCUT2D eigenvalue weighted by Gasteiger charge is 2.50. The summed E-state index contributed by atoms with van der Waals surface area (Å²) >= 11 is 4.77. The van der Waals surface area contributed by atoms with Crippen molar-refractivity contribution in [3.63, 3.8) is 0 Å². The molecule has 2 N–H and O–H groups in total. The molecule has 0 aromatic carbocycles. The van der Waals surface area contributed by atoms with E-state index in [0.717, 1.165) is 0 Å². The van der Waals surface area contributed by atoms with Crippen molar-refractivity contribution in [2.75, 3.05) is 13.2 Å². The van der Waals surface area contributed by atoms with Gasteiger partial charge < -0.3 is 29.2 Å². The molecule has 0 spiro atoms. The Morgan fingerprint density at radius 1 is 1.47 bits per heavy atom. The van der Waals surface area contributed by atoms with Crippen LogP contribution >= 0.6 is 12.2 Å². The average Bonchev–Trinajstić information content (AvgIpc) is 2.80. The van der Waals surface area contributed by atoms with Crippen molar-refractivity contribution in [1.29, 1.82) is 0 Å². The number of aliphatic hydroxyl groups excluding tert-OH is 2. The van der Waals surface area contributed by atoms with Crippen molar-refractivity contribution < 1.29 is 29.2 Å². The fourth-order valence-electron chi connectivity index (χ4n) is 2.01. The van der Waals surface area contributed by atoms with E-state index in [1.807, 2.05) is 0 Å². The van der Waals surface area contributed by atoms with E-state index in [0.29, 0.717) is 0 Å². The first-order valence-corrected chi connectivity index (χ1v) is 5.82. The molecule has 2 saturated heterocycles. The van der Waals surface area contributed by atoms with E-state index in [2.05, 4.69) is 0 Å². The molecule has 2 fully saturated rings. The first-order valence-electron chi connectivity index (χ1n) is 5.41. The molecule has 2 aliphatic heterocycles. The van der Waals surface area contributed by atoms with Crippen LogP contribution in [0.15, 0.2) is 0 Å². The SMILES string of the molecule is CC1(C)O[C@@H]([C@H](O)CO)[C@@H]([C@@H]2COC(=S)O2)O1. The molecule has 4 atom stereocenters. The standard InChI is InChI=1S/C10H16O6S/c1-10(2)15-7(5(12)3-11)8(16-10)6-4-13-9(17)14-6/h5-8,11-12H,3-4H2,1-2H3/t5-,6+,7+,8-/m1/s1. The summed E-state index contributed by atoms with van der Waals surface area (Å²) in [5.74, 6) is -0.834. The molecule has 0 unspecified atom stereocenters. The van der Waals surface area contributed by atoms with Gasteiger partial charge in [0.25, 0.3) is 0 Å². The van der Waals surface area contributed by atoms with Crippen LogP contribution in [-0.2, 0) is 18.9 Å². The predicted molar refractivity (Wildman–Crippen MR) is 60.3 cm³/mol. The molecule has 0 amide bonds. The molecule has 17 heavy (non-hydrogen) atoms. The molecule has 0 saturated carbocycles. The lowest BCUT2D eigenvalue weighted by atomic mass is 10.0. The Balaban J connectivity index is 2.10. The zero-order valence-corrected chi connectivity index (χ0v) is 10.5. The Labute approximate surface area is 104 Å². The van der Waals surface area contributed by atoms with Crippen LogP contribution in [0.4, 0.5) is 0 Å². The zero-order valence-electron chi connectivity index (χ0n) is 9.66. The van der Waals surface area contributed by atoms with Gasteiger partial charge in [0.05, 0.1) is 6.61 Å². The van der Waals surface area contributed by atoms with E-state index in [-0.39, 0.29) is 11.8 Å². The number of rotatable bonds is 3. The molecule has 2 heterocycles. The third kappa shape index (κ3) is 2.69. The predicted octanol–water partition coefficient (Wildman–Crippen LogP) is -0.440. The molecule has 0 aromatic heterocycles. The van der Waals surface area contributed by atoms with E-state index in [4.69, 9.17) is 36.3 Å². The van der Waals surface area contributed by atoms with Gasteiger partial charge in [-0.05, 0) is 13.8 Å². The van der Waals surface area contributed by atoms with Crippen molar-refractivity contribution in [3.05, 3.63) is 0 Å². The largest absolute Gasteiger partial charge is 0.453 e. The minimum Gasteiger partial charge on any atom is -0.453 e.